The van der Waals surface area contributed by atoms with Crippen LogP contribution in [0.4, 0.5) is 0 Å². The van der Waals surface area contributed by atoms with Gasteiger partial charge >= 0.3 is 0 Å². The number of nitrogens with zero attached hydrogens (tertiary/aromatic N) is 2. The van der Waals surface area contributed by atoms with Gasteiger partial charge in [0.1, 0.15) is 10.7 Å². The van der Waals surface area contributed by atoms with Gasteiger partial charge in [-0.1, -0.05) is 13.8 Å². The summed E-state index contributed by atoms with van der Waals surface area (Å²) < 4.78 is 6.91. The molecule has 0 spiro atoms. The average molecular weight is 402 g/mol. The molecule has 0 saturated heterocycles. The molecule has 3 heterocycles. The van der Waals surface area contributed by atoms with Crippen LogP contribution in [0.3, 0.4) is 0 Å². The largest absolute Gasteiger partial charge is 0.488 e. The first-order valence-corrected chi connectivity index (χ1v) is 9.86. The fraction of sp³-hybridized carbons (Fsp3) is 0.368. The molecule has 0 aliphatic rings. The monoisotopic (exact) mass is 402 g/mol. The number of nitrogens with one attached hydrogen (secondary N) is 1. The number of primary amides is 1. The number of aromatic nitrogens is 3. The Hall–Kier alpha value is -2.94. The number of carbonyl (C=O) groups excluding carboxylic acids is 1. The highest BCUT2D eigenvalue weighted by atomic mass is 32.1. The first-order chi connectivity index (χ1) is 13.4. The lowest BCUT2D eigenvalue weighted by atomic mass is 10.2. The molecule has 8 nitrogen and oxygen atoms in total. The minimum atomic E-state index is -0.573. The molecule has 1 amide bonds. The molecule has 0 aliphatic heterocycles. The van der Waals surface area contributed by atoms with Crippen molar-refractivity contribution in [1.82, 2.24) is 14.5 Å². The minimum Gasteiger partial charge on any atom is -0.488 e. The van der Waals surface area contributed by atoms with E-state index in [1.165, 1.54) is 16.8 Å². The SMILES string of the molecule is CCCOc1c[nH]c(Cn2c(CC)nc3sc(C(N)=O)c(C)c3c2=O)cc1=O. The van der Waals surface area contributed by atoms with Gasteiger partial charge in [-0.15, -0.1) is 11.3 Å². The molecule has 3 N–H and O–H groups in total. The van der Waals surface area contributed by atoms with E-state index < -0.39 is 5.91 Å². The van der Waals surface area contributed by atoms with Crippen molar-refractivity contribution in [2.75, 3.05) is 6.61 Å². The molecular weight excluding hydrogens is 380 g/mol. The summed E-state index contributed by atoms with van der Waals surface area (Å²) in [7, 11) is 0. The van der Waals surface area contributed by atoms with E-state index in [1.54, 1.807) is 6.92 Å². The van der Waals surface area contributed by atoms with Crippen molar-refractivity contribution in [2.45, 2.75) is 40.2 Å². The number of pyridine rings is 1. The van der Waals surface area contributed by atoms with Crippen LogP contribution in [0.15, 0.2) is 21.9 Å². The molecule has 0 aromatic carbocycles. The van der Waals surface area contributed by atoms with Crippen molar-refractivity contribution in [3.05, 3.63) is 54.8 Å². The first kappa shape index (κ1) is 19.8. The molecule has 28 heavy (non-hydrogen) atoms. The van der Waals surface area contributed by atoms with E-state index in [4.69, 9.17) is 10.5 Å². The van der Waals surface area contributed by atoms with Crippen LogP contribution in [0.25, 0.3) is 10.2 Å². The normalized spacial score (nSPS) is 11.1. The standard InChI is InChI=1S/C19H22N4O4S/c1-4-6-27-13-8-21-11(7-12(13)24)9-23-14(5-2)22-18-15(19(23)26)10(3)16(28-18)17(20)25/h7-8H,4-6,9H2,1-3H3,(H2,20,25)(H,21,24). The molecule has 148 valence electrons. The van der Waals surface area contributed by atoms with Crippen LogP contribution >= 0.6 is 11.3 Å². The Labute approximate surface area is 165 Å². The third-order valence-corrected chi connectivity index (χ3v) is 5.60. The van der Waals surface area contributed by atoms with Crippen molar-refractivity contribution in [3.8, 4) is 5.75 Å². The van der Waals surface area contributed by atoms with Crippen molar-refractivity contribution in [3.63, 3.8) is 0 Å². The van der Waals surface area contributed by atoms with Crippen LogP contribution in [-0.2, 0) is 13.0 Å². The van der Waals surface area contributed by atoms with Crippen LogP contribution < -0.4 is 21.5 Å². The fourth-order valence-electron chi connectivity index (χ4n) is 3.01. The Balaban J connectivity index is 2.08. The number of aromatic amines is 1. The van der Waals surface area contributed by atoms with Gasteiger partial charge in [0.25, 0.3) is 11.5 Å². The summed E-state index contributed by atoms with van der Waals surface area (Å²) in [6.45, 7) is 6.17. The Morgan fingerprint density at radius 3 is 2.71 bits per heavy atom. The zero-order valence-corrected chi connectivity index (χ0v) is 16.8. The van der Waals surface area contributed by atoms with Crippen molar-refractivity contribution in [1.29, 1.82) is 0 Å². The Bertz CT molecular complexity index is 1160. The van der Waals surface area contributed by atoms with Gasteiger partial charge in [0.15, 0.2) is 5.75 Å². The molecule has 3 aromatic heterocycles. The number of ether oxygens (including phenoxy) is 1. The number of rotatable bonds is 7. The highest BCUT2D eigenvalue weighted by Crippen LogP contribution is 2.27. The van der Waals surface area contributed by atoms with Crippen LogP contribution in [0.1, 0.15) is 47.0 Å². The van der Waals surface area contributed by atoms with E-state index in [0.717, 1.165) is 17.8 Å². The zero-order valence-electron chi connectivity index (χ0n) is 16.0. The van der Waals surface area contributed by atoms with Crippen molar-refractivity contribution < 1.29 is 9.53 Å². The average Bonchev–Trinajstić information content (AvgIpc) is 3.00. The molecule has 0 unspecified atom stereocenters. The molecule has 3 aromatic rings. The van der Waals surface area contributed by atoms with Crippen LogP contribution in [0.5, 0.6) is 5.75 Å². The number of hydrogen-bond acceptors (Lipinski definition) is 6. The molecule has 0 aliphatic carbocycles. The summed E-state index contributed by atoms with van der Waals surface area (Å²) in [6.07, 6.45) is 2.84. The lowest BCUT2D eigenvalue weighted by Gasteiger charge is -2.12. The van der Waals surface area contributed by atoms with E-state index in [2.05, 4.69) is 9.97 Å². The Morgan fingerprint density at radius 1 is 1.36 bits per heavy atom. The van der Waals surface area contributed by atoms with Gasteiger partial charge in [-0.25, -0.2) is 4.98 Å². The minimum absolute atomic E-state index is 0.162. The predicted molar refractivity (Wildman–Crippen MR) is 108 cm³/mol. The summed E-state index contributed by atoms with van der Waals surface area (Å²) >= 11 is 1.13. The molecule has 0 fully saturated rings. The molecular formula is C19H22N4O4S. The number of nitrogens with two attached hydrogens (primary N) is 1. The Kier molecular flexibility index (Phi) is 5.64. The second kappa shape index (κ2) is 7.97. The molecule has 3 rings (SSSR count). The van der Waals surface area contributed by atoms with E-state index in [1.807, 2.05) is 13.8 Å². The molecule has 9 heteroatoms. The van der Waals surface area contributed by atoms with E-state index in [-0.39, 0.29) is 23.3 Å². The lowest BCUT2D eigenvalue weighted by molar-refractivity contribution is 0.100. The van der Waals surface area contributed by atoms with E-state index >= 15 is 0 Å². The summed E-state index contributed by atoms with van der Waals surface area (Å²) in [6, 6.07) is 1.43. The smallest absolute Gasteiger partial charge is 0.262 e. The number of fused-ring (bicyclic) bond motifs is 1. The van der Waals surface area contributed by atoms with Gasteiger partial charge in [0, 0.05) is 24.4 Å². The number of H-pyrrole nitrogens is 1. The van der Waals surface area contributed by atoms with Crippen LogP contribution in [0, 0.1) is 6.92 Å². The summed E-state index contributed by atoms with van der Waals surface area (Å²) in [5, 5.41) is 0.390. The maximum absolute atomic E-state index is 13.1. The Morgan fingerprint density at radius 2 is 2.11 bits per heavy atom. The second-order valence-electron chi connectivity index (χ2n) is 6.41. The molecule has 0 radical (unpaired) electrons. The zero-order chi connectivity index (χ0) is 20.4. The topological polar surface area (TPSA) is 120 Å². The molecule has 0 saturated carbocycles. The first-order valence-electron chi connectivity index (χ1n) is 9.04. The van der Waals surface area contributed by atoms with Crippen molar-refractivity contribution >= 4 is 27.5 Å². The van der Waals surface area contributed by atoms with Crippen LogP contribution in [0.2, 0.25) is 0 Å². The predicted octanol–water partition coefficient (Wildman–Crippen LogP) is 1.95. The third-order valence-electron chi connectivity index (χ3n) is 4.40. The van der Waals surface area contributed by atoms with Gasteiger partial charge in [0.05, 0.1) is 23.4 Å². The van der Waals surface area contributed by atoms with Gasteiger partial charge in [-0.2, -0.15) is 0 Å². The van der Waals surface area contributed by atoms with Gasteiger partial charge in [-0.05, 0) is 18.9 Å². The number of hydrogen-bond donors (Lipinski definition) is 2. The second-order valence-corrected chi connectivity index (χ2v) is 7.41. The molecule has 0 bridgehead atoms. The van der Waals surface area contributed by atoms with Crippen LogP contribution in [-0.4, -0.2) is 27.0 Å². The highest BCUT2D eigenvalue weighted by Gasteiger charge is 2.20. The summed E-state index contributed by atoms with van der Waals surface area (Å²) in [4.78, 5) is 45.4. The maximum atomic E-state index is 13.1. The lowest BCUT2D eigenvalue weighted by Crippen LogP contribution is -2.26. The maximum Gasteiger partial charge on any atom is 0.262 e. The van der Waals surface area contributed by atoms with Crippen molar-refractivity contribution in [2.24, 2.45) is 5.73 Å². The number of aryl methyl sites for hydroxylation is 2. The van der Waals surface area contributed by atoms with Gasteiger partial charge in [-0.3, -0.25) is 19.0 Å². The fourth-order valence-corrected chi connectivity index (χ4v) is 4.06. The number of thiophene rings is 1. The van der Waals surface area contributed by atoms with Gasteiger partial charge in [0.2, 0.25) is 5.43 Å². The number of amides is 1. The highest BCUT2D eigenvalue weighted by molar-refractivity contribution is 7.20. The molecule has 0 atom stereocenters. The summed E-state index contributed by atoms with van der Waals surface area (Å²) in [5.41, 5.74) is 6.01. The number of carbonyl (C=O) groups is 1. The summed E-state index contributed by atoms with van der Waals surface area (Å²) in [5.74, 6) is 0.250. The van der Waals surface area contributed by atoms with E-state index in [9.17, 15) is 14.4 Å². The quantitative estimate of drug-likeness (QED) is 0.626. The van der Waals surface area contributed by atoms with Gasteiger partial charge < -0.3 is 15.5 Å². The third kappa shape index (κ3) is 3.57. The van der Waals surface area contributed by atoms with E-state index in [0.29, 0.717) is 45.2 Å².